The van der Waals surface area contributed by atoms with Gasteiger partial charge in [-0.2, -0.15) is 0 Å². The van der Waals surface area contributed by atoms with Gasteiger partial charge in [-0.25, -0.2) is 4.79 Å². The van der Waals surface area contributed by atoms with Crippen LogP contribution < -0.4 is 0 Å². The van der Waals surface area contributed by atoms with Gasteiger partial charge in [-0.3, -0.25) is 4.79 Å². The molecular formula is C20H24O7. The third kappa shape index (κ3) is 1.84. The van der Waals surface area contributed by atoms with E-state index >= 15 is 0 Å². The molecule has 2 saturated heterocycles. The third-order valence-corrected chi connectivity index (χ3v) is 8.07. The van der Waals surface area contributed by atoms with Gasteiger partial charge in [0.05, 0.1) is 29.5 Å². The van der Waals surface area contributed by atoms with Crippen LogP contribution in [0, 0.1) is 22.7 Å². The van der Waals surface area contributed by atoms with Crippen LogP contribution in [0.1, 0.15) is 51.2 Å². The largest absolute Gasteiger partial charge is 0.472 e. The maximum absolute atomic E-state index is 13.0. The minimum absolute atomic E-state index is 0.0894. The Morgan fingerprint density at radius 1 is 1.11 bits per heavy atom. The maximum Gasteiger partial charge on any atom is 0.341 e. The zero-order valence-corrected chi connectivity index (χ0v) is 15.4. The molecule has 0 bridgehead atoms. The lowest BCUT2D eigenvalue weighted by atomic mass is 9.43. The number of rotatable bonds is 1. The van der Waals surface area contributed by atoms with Crippen molar-refractivity contribution in [3.05, 3.63) is 24.2 Å². The second-order valence-electron chi connectivity index (χ2n) is 9.06. The van der Waals surface area contributed by atoms with Gasteiger partial charge in [-0.05, 0) is 44.1 Å². The minimum Gasteiger partial charge on any atom is -0.472 e. The summed E-state index contributed by atoms with van der Waals surface area (Å²) in [5.74, 6) is -1.30. The highest BCUT2D eigenvalue weighted by Crippen LogP contribution is 2.68. The molecule has 2 aliphatic carbocycles. The van der Waals surface area contributed by atoms with Crippen LogP contribution in [0.15, 0.2) is 23.0 Å². The van der Waals surface area contributed by atoms with Gasteiger partial charge < -0.3 is 24.1 Å². The fourth-order valence-electron chi connectivity index (χ4n) is 6.39. The molecule has 5 rings (SSSR count). The average molecular weight is 376 g/mol. The van der Waals surface area contributed by atoms with Crippen LogP contribution in [0.3, 0.4) is 0 Å². The zero-order valence-electron chi connectivity index (χ0n) is 15.4. The van der Waals surface area contributed by atoms with Crippen molar-refractivity contribution in [2.24, 2.45) is 22.7 Å². The standard InChI is InChI=1S/C20H24O7/c1-18-8-15-19(2)11(3-4-14(21)20(19,24)17(23)27-15)12(18)7-13(26-16(18)22)10-5-6-25-9-10/h5-6,9,11-15,21,24H,3-4,7-8H2,1-2H3. The first-order chi connectivity index (χ1) is 12.7. The van der Waals surface area contributed by atoms with Crippen LogP contribution in [0.2, 0.25) is 0 Å². The normalized spacial score (nSPS) is 51.2. The van der Waals surface area contributed by atoms with E-state index in [4.69, 9.17) is 13.9 Å². The van der Waals surface area contributed by atoms with E-state index < -0.39 is 40.7 Å². The highest BCUT2D eigenvalue weighted by Gasteiger charge is 2.77. The number of furan rings is 1. The van der Waals surface area contributed by atoms with Gasteiger partial charge in [-0.15, -0.1) is 0 Å². The van der Waals surface area contributed by atoms with E-state index in [1.165, 1.54) is 0 Å². The Kier molecular flexibility index (Phi) is 3.29. The van der Waals surface area contributed by atoms with Gasteiger partial charge in [0.25, 0.3) is 0 Å². The van der Waals surface area contributed by atoms with E-state index in [9.17, 15) is 19.8 Å². The van der Waals surface area contributed by atoms with Crippen molar-refractivity contribution < 1.29 is 33.7 Å². The number of carbonyl (C=O) groups excluding carboxylic acids is 2. The quantitative estimate of drug-likeness (QED) is 0.719. The fourth-order valence-corrected chi connectivity index (χ4v) is 6.39. The SMILES string of the molecule is CC12CC3OC(=O)C4(O)C(O)CCC(C1CC(c1ccoc1)OC2=O)C34C. The first-order valence-corrected chi connectivity index (χ1v) is 9.57. The molecule has 1 aromatic heterocycles. The molecular weight excluding hydrogens is 352 g/mol. The van der Waals surface area contributed by atoms with Crippen molar-refractivity contribution in [3.63, 3.8) is 0 Å². The Labute approximate surface area is 156 Å². The van der Waals surface area contributed by atoms with Crippen LogP contribution in [0.4, 0.5) is 0 Å². The molecule has 7 heteroatoms. The molecule has 2 saturated carbocycles. The fraction of sp³-hybridized carbons (Fsp3) is 0.700. The molecule has 2 aliphatic heterocycles. The number of hydrogen-bond acceptors (Lipinski definition) is 7. The summed E-state index contributed by atoms with van der Waals surface area (Å²) in [5.41, 5.74) is -2.83. The molecule has 1 aromatic rings. The summed E-state index contributed by atoms with van der Waals surface area (Å²) in [4.78, 5) is 25.6. The van der Waals surface area contributed by atoms with Crippen molar-refractivity contribution in [1.29, 1.82) is 0 Å². The Morgan fingerprint density at radius 2 is 1.89 bits per heavy atom. The summed E-state index contributed by atoms with van der Waals surface area (Å²) in [6.45, 7) is 3.71. The monoisotopic (exact) mass is 376 g/mol. The van der Waals surface area contributed by atoms with E-state index in [0.29, 0.717) is 25.7 Å². The molecule has 4 fully saturated rings. The van der Waals surface area contributed by atoms with Crippen LogP contribution in [-0.4, -0.2) is 40.0 Å². The third-order valence-electron chi connectivity index (χ3n) is 8.07. The topological polar surface area (TPSA) is 106 Å². The van der Waals surface area contributed by atoms with Gasteiger partial charge in [0, 0.05) is 12.0 Å². The van der Waals surface area contributed by atoms with Crippen LogP contribution in [0.25, 0.3) is 0 Å². The Hall–Kier alpha value is -1.86. The van der Waals surface area contributed by atoms with E-state index in [0.717, 1.165) is 5.56 Å². The maximum atomic E-state index is 13.0. The molecule has 0 aromatic carbocycles. The first-order valence-electron chi connectivity index (χ1n) is 9.57. The second-order valence-corrected chi connectivity index (χ2v) is 9.06. The predicted molar refractivity (Wildman–Crippen MR) is 90.0 cm³/mol. The van der Waals surface area contributed by atoms with Gasteiger partial charge in [0.15, 0.2) is 5.60 Å². The zero-order chi connectivity index (χ0) is 19.2. The first kappa shape index (κ1) is 17.3. The Balaban J connectivity index is 1.60. The molecule has 146 valence electrons. The number of aliphatic hydroxyl groups excluding tert-OH is 1. The number of cyclic esters (lactones) is 1. The van der Waals surface area contributed by atoms with Crippen molar-refractivity contribution in [2.45, 2.75) is 63.4 Å². The summed E-state index contributed by atoms with van der Waals surface area (Å²) in [5, 5.41) is 21.7. The van der Waals surface area contributed by atoms with Gasteiger partial charge in [0.1, 0.15) is 12.2 Å². The predicted octanol–water partition coefficient (Wildman–Crippen LogP) is 1.73. The second kappa shape index (κ2) is 5.14. The number of esters is 2. The lowest BCUT2D eigenvalue weighted by molar-refractivity contribution is -0.238. The lowest BCUT2D eigenvalue weighted by Gasteiger charge is -2.61. The molecule has 0 spiro atoms. The molecule has 0 amide bonds. The molecule has 7 nitrogen and oxygen atoms in total. The molecule has 4 aliphatic rings. The van der Waals surface area contributed by atoms with Crippen molar-refractivity contribution >= 4 is 11.9 Å². The lowest BCUT2D eigenvalue weighted by Crippen LogP contribution is -2.69. The molecule has 2 N–H and O–H groups in total. The highest BCUT2D eigenvalue weighted by molar-refractivity contribution is 5.86. The molecule has 0 radical (unpaired) electrons. The molecule has 3 heterocycles. The minimum atomic E-state index is -1.92. The summed E-state index contributed by atoms with van der Waals surface area (Å²) >= 11 is 0. The van der Waals surface area contributed by atoms with E-state index in [2.05, 4.69) is 0 Å². The number of hydrogen-bond donors (Lipinski definition) is 2. The summed E-state index contributed by atoms with van der Waals surface area (Å²) in [6, 6.07) is 1.79. The van der Waals surface area contributed by atoms with Gasteiger partial charge >= 0.3 is 11.9 Å². The van der Waals surface area contributed by atoms with Gasteiger partial charge in [0.2, 0.25) is 0 Å². The number of aliphatic hydroxyl groups is 2. The smallest absolute Gasteiger partial charge is 0.341 e. The van der Waals surface area contributed by atoms with E-state index in [1.807, 2.05) is 13.8 Å². The average Bonchev–Trinajstić information content (AvgIpc) is 3.21. The molecule has 8 atom stereocenters. The van der Waals surface area contributed by atoms with Crippen molar-refractivity contribution in [3.8, 4) is 0 Å². The van der Waals surface area contributed by atoms with E-state index in [-0.39, 0.29) is 17.8 Å². The number of carbonyl (C=O) groups is 2. The Morgan fingerprint density at radius 3 is 2.59 bits per heavy atom. The van der Waals surface area contributed by atoms with Gasteiger partial charge in [-0.1, -0.05) is 6.92 Å². The van der Waals surface area contributed by atoms with E-state index in [1.54, 1.807) is 18.6 Å². The Bertz CT molecular complexity index is 803. The summed E-state index contributed by atoms with van der Waals surface area (Å²) in [6.07, 6.45) is 2.76. The van der Waals surface area contributed by atoms with Crippen LogP contribution in [0.5, 0.6) is 0 Å². The van der Waals surface area contributed by atoms with Crippen LogP contribution in [-0.2, 0) is 19.1 Å². The summed E-state index contributed by atoms with van der Waals surface area (Å²) < 4.78 is 16.4. The number of ether oxygens (including phenoxy) is 2. The van der Waals surface area contributed by atoms with Crippen molar-refractivity contribution in [2.75, 3.05) is 0 Å². The number of fused-ring (bicyclic) bond motifs is 2. The van der Waals surface area contributed by atoms with Crippen molar-refractivity contribution in [1.82, 2.24) is 0 Å². The van der Waals surface area contributed by atoms with Crippen LogP contribution >= 0.6 is 0 Å². The molecule has 27 heavy (non-hydrogen) atoms. The molecule has 8 unspecified atom stereocenters. The highest BCUT2D eigenvalue weighted by atomic mass is 16.6. The summed E-state index contributed by atoms with van der Waals surface area (Å²) in [7, 11) is 0.